The third-order valence-corrected chi connectivity index (χ3v) is 3.19. The molecule has 1 atom stereocenters. The Morgan fingerprint density at radius 2 is 2.26 bits per heavy atom. The highest BCUT2D eigenvalue weighted by Crippen LogP contribution is 2.27. The predicted molar refractivity (Wildman–Crippen MR) is 74.6 cm³/mol. The molecule has 0 aliphatic heterocycles. The number of nitrogens with one attached hydrogen (secondary N) is 1. The Bertz CT molecular complexity index is 604. The molecule has 0 saturated heterocycles. The highest BCUT2D eigenvalue weighted by Gasteiger charge is 2.17. The maximum absolute atomic E-state index is 12.0. The van der Waals surface area contributed by atoms with Gasteiger partial charge in [0.25, 0.3) is 5.91 Å². The molecule has 0 spiro atoms. The average Bonchev–Trinajstić information content (AvgIpc) is 2.66. The number of hydrogen-bond acceptors (Lipinski definition) is 3. The number of carbonyl (C=O) groups is 1. The van der Waals surface area contributed by atoms with E-state index in [9.17, 15) is 4.79 Å². The van der Waals surface area contributed by atoms with Crippen LogP contribution in [0.1, 0.15) is 29.5 Å². The van der Waals surface area contributed by atoms with Crippen LogP contribution < -0.4 is 5.32 Å². The first-order chi connectivity index (χ1) is 8.99. The van der Waals surface area contributed by atoms with E-state index in [0.717, 1.165) is 10.9 Å². The first-order valence-corrected chi connectivity index (χ1v) is 6.51. The van der Waals surface area contributed by atoms with Crippen molar-refractivity contribution in [3.63, 3.8) is 0 Å². The number of aliphatic hydroxyl groups excluding tert-OH is 1. The summed E-state index contributed by atoms with van der Waals surface area (Å²) in [6.45, 7) is 3.92. The van der Waals surface area contributed by atoms with E-state index in [1.807, 2.05) is 6.92 Å². The summed E-state index contributed by atoms with van der Waals surface area (Å²) in [6, 6.07) is 5.25. The van der Waals surface area contributed by atoms with E-state index in [1.54, 1.807) is 25.1 Å². The molecule has 0 saturated carbocycles. The first-order valence-electron chi connectivity index (χ1n) is 6.14. The smallest absolute Gasteiger partial charge is 0.287 e. The molecule has 0 aliphatic rings. The monoisotopic (exact) mass is 281 g/mol. The molecule has 2 rings (SSSR count). The van der Waals surface area contributed by atoms with Crippen LogP contribution in [0.4, 0.5) is 0 Å². The molecule has 5 heteroatoms. The van der Waals surface area contributed by atoms with Gasteiger partial charge in [-0.15, -0.1) is 0 Å². The van der Waals surface area contributed by atoms with Crippen LogP contribution in [0.25, 0.3) is 11.0 Å². The van der Waals surface area contributed by atoms with Crippen LogP contribution in [0, 0.1) is 6.92 Å². The molecule has 2 N–H and O–H groups in total. The fourth-order valence-electron chi connectivity index (χ4n) is 1.88. The normalized spacial score (nSPS) is 12.6. The first kappa shape index (κ1) is 13.9. The fraction of sp³-hybridized carbons (Fsp3) is 0.357. The lowest BCUT2D eigenvalue weighted by Gasteiger charge is -2.05. The van der Waals surface area contributed by atoms with Crippen molar-refractivity contribution >= 4 is 28.5 Å². The number of hydrogen-bond donors (Lipinski definition) is 2. The van der Waals surface area contributed by atoms with E-state index in [0.29, 0.717) is 29.3 Å². The van der Waals surface area contributed by atoms with Gasteiger partial charge in [0.15, 0.2) is 5.76 Å². The van der Waals surface area contributed by atoms with Gasteiger partial charge in [0, 0.05) is 22.5 Å². The van der Waals surface area contributed by atoms with Gasteiger partial charge in [-0.1, -0.05) is 11.6 Å². The van der Waals surface area contributed by atoms with Crippen LogP contribution in [0.5, 0.6) is 0 Å². The molecule has 102 valence electrons. The largest absolute Gasteiger partial charge is 0.451 e. The van der Waals surface area contributed by atoms with Gasteiger partial charge in [-0.25, -0.2) is 0 Å². The van der Waals surface area contributed by atoms with Gasteiger partial charge in [-0.3, -0.25) is 4.79 Å². The highest BCUT2D eigenvalue weighted by molar-refractivity contribution is 6.31. The van der Waals surface area contributed by atoms with Gasteiger partial charge < -0.3 is 14.8 Å². The minimum atomic E-state index is -0.434. The number of carbonyl (C=O) groups excluding carboxylic acids is 1. The number of furan rings is 1. The van der Waals surface area contributed by atoms with Crippen molar-refractivity contribution < 1.29 is 14.3 Å². The molecule has 1 unspecified atom stereocenters. The number of benzene rings is 1. The Morgan fingerprint density at radius 1 is 1.53 bits per heavy atom. The van der Waals surface area contributed by atoms with Crippen molar-refractivity contribution in [2.45, 2.75) is 26.4 Å². The number of aliphatic hydroxyl groups is 1. The van der Waals surface area contributed by atoms with E-state index in [-0.39, 0.29) is 5.91 Å². The van der Waals surface area contributed by atoms with Crippen LogP contribution in [0.2, 0.25) is 5.02 Å². The van der Waals surface area contributed by atoms with Crippen molar-refractivity contribution in [1.82, 2.24) is 5.32 Å². The standard InChI is InChI=1S/C14H16ClNO3/c1-8(17)5-6-16-14(18)13-9(2)11-7-10(15)3-4-12(11)19-13/h3-4,7-8,17H,5-6H2,1-2H3,(H,16,18). The molecule has 0 bridgehead atoms. The van der Waals surface area contributed by atoms with Gasteiger partial charge in [0.05, 0.1) is 6.10 Å². The summed E-state index contributed by atoms with van der Waals surface area (Å²) in [6.07, 6.45) is 0.0764. The second kappa shape index (κ2) is 5.63. The van der Waals surface area contributed by atoms with E-state index in [2.05, 4.69) is 5.32 Å². The quantitative estimate of drug-likeness (QED) is 0.906. The molecule has 1 aromatic carbocycles. The number of rotatable bonds is 4. The van der Waals surface area contributed by atoms with Crippen LogP contribution in [0.15, 0.2) is 22.6 Å². The van der Waals surface area contributed by atoms with Crippen molar-refractivity contribution in [2.24, 2.45) is 0 Å². The molecule has 1 heterocycles. The summed E-state index contributed by atoms with van der Waals surface area (Å²) in [4.78, 5) is 12.0. The summed E-state index contributed by atoms with van der Waals surface area (Å²) in [5.74, 6) is 0.0216. The SMILES string of the molecule is Cc1c(C(=O)NCCC(C)O)oc2ccc(Cl)cc12. The zero-order valence-electron chi connectivity index (χ0n) is 10.9. The van der Waals surface area contributed by atoms with Crippen LogP contribution >= 0.6 is 11.6 Å². The third-order valence-electron chi connectivity index (χ3n) is 2.95. The highest BCUT2D eigenvalue weighted by atomic mass is 35.5. The summed E-state index contributed by atoms with van der Waals surface area (Å²) in [5, 5.41) is 13.3. The maximum Gasteiger partial charge on any atom is 0.287 e. The molecule has 1 aromatic heterocycles. The number of halogens is 1. The van der Waals surface area contributed by atoms with Crippen LogP contribution in [-0.4, -0.2) is 23.7 Å². The predicted octanol–water partition coefficient (Wildman–Crippen LogP) is 2.90. The Balaban J connectivity index is 2.20. The van der Waals surface area contributed by atoms with Crippen molar-refractivity contribution in [3.05, 3.63) is 34.5 Å². The van der Waals surface area contributed by atoms with E-state index in [4.69, 9.17) is 21.1 Å². The van der Waals surface area contributed by atoms with E-state index in [1.165, 1.54) is 0 Å². The Hall–Kier alpha value is -1.52. The molecule has 1 amide bonds. The fourth-order valence-corrected chi connectivity index (χ4v) is 2.06. The maximum atomic E-state index is 12.0. The second-order valence-corrected chi connectivity index (χ2v) is 5.03. The Morgan fingerprint density at radius 3 is 2.95 bits per heavy atom. The number of aryl methyl sites for hydroxylation is 1. The minimum absolute atomic E-state index is 0.273. The molecule has 0 fully saturated rings. The molecular formula is C14H16ClNO3. The topological polar surface area (TPSA) is 62.5 Å². The summed E-state index contributed by atoms with van der Waals surface area (Å²) in [7, 11) is 0. The molecule has 4 nitrogen and oxygen atoms in total. The van der Waals surface area contributed by atoms with Crippen molar-refractivity contribution in [2.75, 3.05) is 6.54 Å². The van der Waals surface area contributed by atoms with Crippen molar-refractivity contribution in [3.8, 4) is 0 Å². The number of fused-ring (bicyclic) bond motifs is 1. The van der Waals surface area contributed by atoms with Gasteiger partial charge in [0.2, 0.25) is 0 Å². The molecular weight excluding hydrogens is 266 g/mol. The van der Waals surface area contributed by atoms with Crippen molar-refractivity contribution in [1.29, 1.82) is 0 Å². The van der Waals surface area contributed by atoms with Gasteiger partial charge in [0.1, 0.15) is 5.58 Å². The van der Waals surface area contributed by atoms with Gasteiger partial charge in [-0.05, 0) is 38.5 Å². The summed E-state index contributed by atoms with van der Waals surface area (Å²) >= 11 is 5.93. The lowest BCUT2D eigenvalue weighted by Crippen LogP contribution is -2.26. The lowest BCUT2D eigenvalue weighted by atomic mass is 10.1. The molecule has 0 aliphatic carbocycles. The number of amides is 1. The third kappa shape index (κ3) is 3.08. The van der Waals surface area contributed by atoms with E-state index >= 15 is 0 Å². The van der Waals surface area contributed by atoms with Gasteiger partial charge >= 0.3 is 0 Å². The lowest BCUT2D eigenvalue weighted by molar-refractivity contribution is 0.0919. The Kier molecular flexibility index (Phi) is 4.12. The zero-order valence-corrected chi connectivity index (χ0v) is 11.6. The minimum Gasteiger partial charge on any atom is -0.451 e. The van der Waals surface area contributed by atoms with Gasteiger partial charge in [-0.2, -0.15) is 0 Å². The molecule has 19 heavy (non-hydrogen) atoms. The summed E-state index contributed by atoms with van der Waals surface area (Å²) in [5.41, 5.74) is 1.41. The molecule has 2 aromatic rings. The van der Waals surface area contributed by atoms with E-state index < -0.39 is 6.10 Å². The summed E-state index contributed by atoms with van der Waals surface area (Å²) < 4.78 is 5.54. The molecule has 0 radical (unpaired) electrons. The Labute approximate surface area is 116 Å². The second-order valence-electron chi connectivity index (χ2n) is 4.59. The van der Waals surface area contributed by atoms with Crippen LogP contribution in [0.3, 0.4) is 0 Å². The van der Waals surface area contributed by atoms with Crippen LogP contribution in [-0.2, 0) is 0 Å². The zero-order chi connectivity index (χ0) is 14.0. The average molecular weight is 282 g/mol.